The van der Waals surface area contributed by atoms with E-state index >= 15 is 0 Å². The third-order valence-electron chi connectivity index (χ3n) is 2.29. The van der Waals surface area contributed by atoms with Crippen molar-refractivity contribution in [2.75, 3.05) is 27.4 Å². The fourth-order valence-electron chi connectivity index (χ4n) is 1.25. The summed E-state index contributed by atoms with van der Waals surface area (Å²) in [5.41, 5.74) is 2.90. The molecule has 0 radical (unpaired) electrons. The van der Waals surface area contributed by atoms with Crippen molar-refractivity contribution in [2.24, 2.45) is 5.10 Å². The maximum atomic E-state index is 11.3. The SMILES string of the molecule is COCCNC(=O)C(=O)NN=Cc1ccc(OC)cc1. The van der Waals surface area contributed by atoms with Gasteiger partial charge in [-0.25, -0.2) is 5.43 Å². The van der Waals surface area contributed by atoms with Gasteiger partial charge in [0.05, 0.1) is 19.9 Å². The van der Waals surface area contributed by atoms with Gasteiger partial charge in [-0.15, -0.1) is 0 Å². The minimum absolute atomic E-state index is 0.269. The maximum Gasteiger partial charge on any atom is 0.329 e. The first-order valence-electron chi connectivity index (χ1n) is 5.91. The molecule has 20 heavy (non-hydrogen) atoms. The van der Waals surface area contributed by atoms with E-state index in [2.05, 4.69) is 15.8 Å². The van der Waals surface area contributed by atoms with E-state index in [1.165, 1.54) is 13.3 Å². The average molecular weight is 279 g/mol. The molecule has 7 nitrogen and oxygen atoms in total. The number of hydrogen-bond donors (Lipinski definition) is 2. The van der Waals surface area contributed by atoms with Gasteiger partial charge in [-0.1, -0.05) is 0 Å². The van der Waals surface area contributed by atoms with E-state index in [-0.39, 0.29) is 6.54 Å². The van der Waals surface area contributed by atoms with Crippen molar-refractivity contribution in [2.45, 2.75) is 0 Å². The van der Waals surface area contributed by atoms with Crippen LogP contribution < -0.4 is 15.5 Å². The highest BCUT2D eigenvalue weighted by Crippen LogP contribution is 2.09. The van der Waals surface area contributed by atoms with Crippen molar-refractivity contribution in [3.05, 3.63) is 29.8 Å². The zero-order valence-corrected chi connectivity index (χ0v) is 11.4. The molecule has 0 aliphatic carbocycles. The predicted molar refractivity (Wildman–Crippen MR) is 73.6 cm³/mol. The van der Waals surface area contributed by atoms with E-state index in [1.54, 1.807) is 31.4 Å². The first kappa shape index (κ1) is 15.6. The Balaban J connectivity index is 2.39. The summed E-state index contributed by atoms with van der Waals surface area (Å²) in [6, 6.07) is 7.07. The third-order valence-corrected chi connectivity index (χ3v) is 2.29. The molecule has 0 saturated heterocycles. The molecule has 0 fully saturated rings. The summed E-state index contributed by atoms with van der Waals surface area (Å²) in [7, 11) is 3.08. The number of benzene rings is 1. The van der Waals surface area contributed by atoms with Crippen LogP contribution >= 0.6 is 0 Å². The number of amides is 2. The average Bonchev–Trinajstić information content (AvgIpc) is 2.48. The van der Waals surface area contributed by atoms with Crippen molar-refractivity contribution in [3.8, 4) is 5.75 Å². The summed E-state index contributed by atoms with van der Waals surface area (Å²) in [4.78, 5) is 22.6. The number of carbonyl (C=O) groups excluding carboxylic acids is 2. The normalized spacial score (nSPS) is 10.3. The highest BCUT2D eigenvalue weighted by Gasteiger charge is 2.10. The van der Waals surface area contributed by atoms with E-state index in [1.807, 2.05) is 0 Å². The zero-order chi connectivity index (χ0) is 14.8. The lowest BCUT2D eigenvalue weighted by molar-refractivity contribution is -0.139. The van der Waals surface area contributed by atoms with Gasteiger partial charge in [0.15, 0.2) is 0 Å². The molecule has 0 atom stereocenters. The molecule has 0 aliphatic heterocycles. The largest absolute Gasteiger partial charge is 0.497 e. The highest BCUT2D eigenvalue weighted by molar-refractivity contribution is 6.35. The summed E-state index contributed by atoms with van der Waals surface area (Å²) in [5.74, 6) is -0.858. The van der Waals surface area contributed by atoms with Crippen molar-refractivity contribution in [1.82, 2.24) is 10.7 Å². The van der Waals surface area contributed by atoms with Crippen molar-refractivity contribution in [3.63, 3.8) is 0 Å². The standard InChI is InChI=1S/C13H17N3O4/c1-19-8-7-14-12(17)13(18)16-15-9-10-3-5-11(20-2)6-4-10/h3-6,9H,7-8H2,1-2H3,(H,14,17)(H,16,18). The number of carbonyl (C=O) groups is 2. The molecular formula is C13H17N3O4. The Kier molecular flexibility index (Phi) is 6.77. The van der Waals surface area contributed by atoms with Crippen LogP contribution in [-0.2, 0) is 14.3 Å². The minimum Gasteiger partial charge on any atom is -0.497 e. The Labute approximate surface area is 117 Å². The van der Waals surface area contributed by atoms with Gasteiger partial charge in [-0.2, -0.15) is 5.10 Å². The Morgan fingerprint density at radius 2 is 1.90 bits per heavy atom. The van der Waals surface area contributed by atoms with Gasteiger partial charge >= 0.3 is 11.8 Å². The molecule has 1 aromatic rings. The Bertz CT molecular complexity index is 471. The number of hydrazone groups is 1. The summed E-state index contributed by atoms with van der Waals surface area (Å²) in [6.07, 6.45) is 1.43. The Morgan fingerprint density at radius 1 is 1.20 bits per heavy atom. The van der Waals surface area contributed by atoms with E-state index in [0.717, 1.165) is 11.3 Å². The molecule has 7 heteroatoms. The lowest BCUT2D eigenvalue weighted by atomic mass is 10.2. The van der Waals surface area contributed by atoms with E-state index < -0.39 is 11.8 Å². The molecule has 2 amide bonds. The number of hydrogen-bond acceptors (Lipinski definition) is 5. The van der Waals surface area contributed by atoms with Gasteiger partial charge in [0, 0.05) is 13.7 Å². The maximum absolute atomic E-state index is 11.3. The summed E-state index contributed by atoms with van der Waals surface area (Å²) >= 11 is 0. The molecule has 2 N–H and O–H groups in total. The molecule has 1 rings (SSSR count). The van der Waals surface area contributed by atoms with Gasteiger partial charge in [-0.05, 0) is 29.8 Å². The number of ether oxygens (including phenoxy) is 2. The second kappa shape index (κ2) is 8.65. The summed E-state index contributed by atoms with van der Waals surface area (Å²) < 4.78 is 9.76. The second-order valence-corrected chi connectivity index (χ2v) is 3.72. The lowest BCUT2D eigenvalue weighted by Gasteiger charge is -2.02. The van der Waals surface area contributed by atoms with E-state index in [9.17, 15) is 9.59 Å². The van der Waals surface area contributed by atoms with Crippen LogP contribution in [0.3, 0.4) is 0 Å². The molecule has 0 aromatic heterocycles. The van der Waals surface area contributed by atoms with Gasteiger partial charge in [-0.3, -0.25) is 9.59 Å². The van der Waals surface area contributed by atoms with Gasteiger partial charge < -0.3 is 14.8 Å². The van der Waals surface area contributed by atoms with Crippen LogP contribution in [0.4, 0.5) is 0 Å². The molecule has 0 unspecified atom stereocenters. The Hall–Kier alpha value is -2.41. The highest BCUT2D eigenvalue weighted by atomic mass is 16.5. The second-order valence-electron chi connectivity index (χ2n) is 3.72. The molecule has 0 saturated carbocycles. The number of methoxy groups -OCH3 is 2. The topological polar surface area (TPSA) is 89.0 Å². The number of rotatable bonds is 6. The molecule has 1 aromatic carbocycles. The van der Waals surface area contributed by atoms with Gasteiger partial charge in [0.25, 0.3) is 0 Å². The van der Waals surface area contributed by atoms with E-state index in [4.69, 9.17) is 9.47 Å². The summed E-state index contributed by atoms with van der Waals surface area (Å²) in [5, 5.41) is 6.07. The van der Waals surface area contributed by atoms with Gasteiger partial charge in [0.1, 0.15) is 5.75 Å². The fraction of sp³-hybridized carbons (Fsp3) is 0.308. The van der Waals surface area contributed by atoms with Crippen LogP contribution in [-0.4, -0.2) is 45.4 Å². The molecule has 0 heterocycles. The predicted octanol–water partition coefficient (Wildman–Crippen LogP) is -0.0921. The molecule has 0 bridgehead atoms. The number of nitrogens with zero attached hydrogens (tertiary/aromatic N) is 1. The molecule has 0 spiro atoms. The molecule has 0 aliphatic rings. The van der Waals surface area contributed by atoms with Crippen molar-refractivity contribution >= 4 is 18.0 Å². The van der Waals surface area contributed by atoms with Crippen LogP contribution in [0.1, 0.15) is 5.56 Å². The third kappa shape index (κ3) is 5.49. The van der Waals surface area contributed by atoms with E-state index in [0.29, 0.717) is 6.61 Å². The van der Waals surface area contributed by atoms with Crippen LogP contribution in [0.5, 0.6) is 5.75 Å². The first-order valence-corrected chi connectivity index (χ1v) is 5.91. The van der Waals surface area contributed by atoms with Crippen LogP contribution in [0.2, 0.25) is 0 Å². The molecule has 108 valence electrons. The minimum atomic E-state index is -0.828. The first-order chi connectivity index (χ1) is 9.67. The summed E-state index contributed by atoms with van der Waals surface area (Å²) in [6.45, 7) is 0.610. The molecular weight excluding hydrogens is 262 g/mol. The number of nitrogens with one attached hydrogen (secondary N) is 2. The van der Waals surface area contributed by atoms with Crippen molar-refractivity contribution in [1.29, 1.82) is 0 Å². The van der Waals surface area contributed by atoms with Crippen LogP contribution in [0.15, 0.2) is 29.4 Å². The fourth-order valence-corrected chi connectivity index (χ4v) is 1.25. The van der Waals surface area contributed by atoms with Crippen LogP contribution in [0.25, 0.3) is 0 Å². The van der Waals surface area contributed by atoms with Crippen LogP contribution in [0, 0.1) is 0 Å². The van der Waals surface area contributed by atoms with Gasteiger partial charge in [0.2, 0.25) is 0 Å². The lowest BCUT2D eigenvalue weighted by Crippen LogP contribution is -2.39. The smallest absolute Gasteiger partial charge is 0.329 e. The van der Waals surface area contributed by atoms with Crippen molar-refractivity contribution < 1.29 is 19.1 Å². The monoisotopic (exact) mass is 279 g/mol. The Morgan fingerprint density at radius 3 is 2.50 bits per heavy atom. The zero-order valence-electron chi connectivity index (χ0n) is 11.4. The quantitative estimate of drug-likeness (QED) is 0.329.